The minimum Gasteiger partial charge on any atom is -0.461 e. The molecule has 254 valence electrons. The molecule has 0 aliphatic carbocycles. The Labute approximate surface area is 277 Å². The van der Waals surface area contributed by atoms with Gasteiger partial charge < -0.3 is 24.4 Å². The Kier molecular flexibility index (Phi) is 14.9. The second-order valence-electron chi connectivity index (χ2n) is 13.2. The van der Waals surface area contributed by atoms with Gasteiger partial charge in [0.2, 0.25) is 0 Å². The van der Waals surface area contributed by atoms with E-state index in [4.69, 9.17) is 14.2 Å². The number of hydrogen-bond donors (Lipinski definition) is 1. The first-order chi connectivity index (χ1) is 21.5. The van der Waals surface area contributed by atoms with Crippen molar-refractivity contribution in [1.29, 1.82) is 0 Å². The van der Waals surface area contributed by atoms with Gasteiger partial charge in [0, 0.05) is 30.9 Å². The SMILES string of the molecule is C=CCOC(=O)C(C)CC(Cc1ccccc1)NC(=O)c1csc(C(CC(C(C)C)N(C)C(=O)OC(C)(C)C)OC(=O)C(C)C)n1. The summed E-state index contributed by atoms with van der Waals surface area (Å²) in [6, 6.07) is 8.97. The first-order valence-electron chi connectivity index (χ1n) is 15.8. The highest BCUT2D eigenvalue weighted by molar-refractivity contribution is 7.09. The molecule has 11 heteroatoms. The van der Waals surface area contributed by atoms with Gasteiger partial charge in [-0.3, -0.25) is 14.4 Å². The van der Waals surface area contributed by atoms with Crippen LogP contribution in [0.1, 0.15) is 95.4 Å². The Balaban J connectivity index is 2.32. The number of ether oxygens (including phenoxy) is 3. The van der Waals surface area contributed by atoms with Crippen molar-refractivity contribution in [3.05, 3.63) is 64.6 Å². The molecule has 10 nitrogen and oxygen atoms in total. The van der Waals surface area contributed by atoms with Crippen LogP contribution in [0.25, 0.3) is 0 Å². The molecule has 0 radical (unpaired) electrons. The number of nitrogens with zero attached hydrogens (tertiary/aromatic N) is 2. The molecule has 0 saturated carbocycles. The van der Waals surface area contributed by atoms with Gasteiger partial charge in [-0.25, -0.2) is 9.78 Å². The second-order valence-corrected chi connectivity index (χ2v) is 14.1. The molecule has 1 aromatic heterocycles. The first-order valence-corrected chi connectivity index (χ1v) is 16.6. The quantitative estimate of drug-likeness (QED) is 0.119. The van der Waals surface area contributed by atoms with E-state index in [0.717, 1.165) is 5.56 Å². The van der Waals surface area contributed by atoms with E-state index in [1.165, 1.54) is 22.3 Å². The van der Waals surface area contributed by atoms with Gasteiger partial charge in [0.15, 0.2) is 6.10 Å². The van der Waals surface area contributed by atoms with Gasteiger partial charge >= 0.3 is 18.0 Å². The number of thiazole rings is 1. The molecule has 0 bridgehead atoms. The van der Waals surface area contributed by atoms with Crippen LogP contribution in [0.3, 0.4) is 0 Å². The van der Waals surface area contributed by atoms with Gasteiger partial charge in [-0.2, -0.15) is 0 Å². The summed E-state index contributed by atoms with van der Waals surface area (Å²) in [5.41, 5.74) is 0.510. The number of carbonyl (C=O) groups is 4. The summed E-state index contributed by atoms with van der Waals surface area (Å²) < 4.78 is 16.7. The van der Waals surface area contributed by atoms with E-state index < -0.39 is 35.6 Å². The van der Waals surface area contributed by atoms with Gasteiger partial charge in [-0.1, -0.05) is 77.6 Å². The zero-order chi connectivity index (χ0) is 34.6. The van der Waals surface area contributed by atoms with Crippen LogP contribution in [0.5, 0.6) is 0 Å². The lowest BCUT2D eigenvalue weighted by Gasteiger charge is -2.34. The van der Waals surface area contributed by atoms with Crippen molar-refractivity contribution >= 4 is 35.3 Å². The lowest BCUT2D eigenvalue weighted by molar-refractivity contribution is -0.154. The molecule has 0 saturated heterocycles. The highest BCUT2D eigenvalue weighted by Gasteiger charge is 2.33. The molecule has 2 rings (SSSR count). The average molecular weight is 658 g/mol. The normalized spacial score (nSPS) is 14.2. The summed E-state index contributed by atoms with van der Waals surface area (Å²) in [4.78, 5) is 57.9. The summed E-state index contributed by atoms with van der Waals surface area (Å²) in [6.07, 6.45) is 1.37. The van der Waals surface area contributed by atoms with Crippen molar-refractivity contribution in [3.63, 3.8) is 0 Å². The lowest BCUT2D eigenvalue weighted by Crippen LogP contribution is -2.44. The van der Waals surface area contributed by atoms with Crippen LogP contribution >= 0.6 is 11.3 Å². The predicted molar refractivity (Wildman–Crippen MR) is 179 cm³/mol. The standard InChI is InChI=1S/C35H51N3O7S/c1-11-17-43-33(41)24(6)18-26(19-25-15-13-12-14-16-25)36-30(39)27-21-46-31(37-27)29(44-32(40)23(4)5)20-28(22(2)3)38(10)34(42)45-35(7,8)9/h11-16,21-24,26,28-29H,1,17-20H2,2-10H3,(H,36,39). The average Bonchev–Trinajstić information content (AvgIpc) is 3.47. The van der Waals surface area contributed by atoms with E-state index in [1.54, 1.807) is 54.0 Å². The molecule has 0 aliphatic heterocycles. The van der Waals surface area contributed by atoms with Crippen molar-refractivity contribution in [3.8, 4) is 0 Å². The molecule has 1 N–H and O–H groups in total. The zero-order valence-electron chi connectivity index (χ0n) is 28.7. The van der Waals surface area contributed by atoms with Crippen LogP contribution in [-0.4, -0.2) is 65.2 Å². The van der Waals surface area contributed by atoms with Crippen molar-refractivity contribution in [2.75, 3.05) is 13.7 Å². The van der Waals surface area contributed by atoms with E-state index in [-0.39, 0.29) is 48.6 Å². The number of carbonyl (C=O) groups excluding carboxylic acids is 4. The first kappa shape index (κ1) is 38.5. The third-order valence-electron chi connectivity index (χ3n) is 7.21. The summed E-state index contributed by atoms with van der Waals surface area (Å²) in [5.74, 6) is -2.03. The van der Waals surface area contributed by atoms with Crippen LogP contribution < -0.4 is 5.32 Å². The predicted octanol–water partition coefficient (Wildman–Crippen LogP) is 6.76. The highest BCUT2D eigenvalue weighted by atomic mass is 32.1. The third-order valence-corrected chi connectivity index (χ3v) is 8.14. The number of amides is 2. The van der Waals surface area contributed by atoms with Crippen LogP contribution in [-0.2, 0) is 30.2 Å². The largest absolute Gasteiger partial charge is 0.461 e. The number of esters is 2. The molecule has 0 fully saturated rings. The molecular weight excluding hydrogens is 606 g/mol. The van der Waals surface area contributed by atoms with Crippen molar-refractivity contribution in [2.24, 2.45) is 17.8 Å². The maximum absolute atomic E-state index is 13.5. The van der Waals surface area contributed by atoms with Gasteiger partial charge in [-0.05, 0) is 45.1 Å². The number of rotatable bonds is 16. The molecule has 0 spiro atoms. The molecule has 1 heterocycles. The minimum absolute atomic E-state index is 0.000550. The maximum Gasteiger partial charge on any atom is 0.410 e. The molecule has 46 heavy (non-hydrogen) atoms. The topological polar surface area (TPSA) is 124 Å². The molecule has 4 unspecified atom stereocenters. The summed E-state index contributed by atoms with van der Waals surface area (Å²) in [5, 5.41) is 5.13. The monoisotopic (exact) mass is 657 g/mol. The van der Waals surface area contributed by atoms with Gasteiger partial charge in [0.1, 0.15) is 22.9 Å². The van der Waals surface area contributed by atoms with Crippen LogP contribution in [0.4, 0.5) is 4.79 Å². The van der Waals surface area contributed by atoms with Gasteiger partial charge in [-0.15, -0.1) is 11.3 Å². The Bertz CT molecular complexity index is 1300. The molecule has 2 aromatic rings. The van der Waals surface area contributed by atoms with E-state index in [1.807, 2.05) is 44.2 Å². The highest BCUT2D eigenvalue weighted by Crippen LogP contribution is 2.31. The van der Waals surface area contributed by atoms with Crippen molar-refractivity contribution < 1.29 is 33.4 Å². The molecule has 1 aromatic carbocycles. The fraction of sp³-hybridized carbons (Fsp3) is 0.571. The van der Waals surface area contributed by atoms with E-state index in [2.05, 4.69) is 16.9 Å². The fourth-order valence-electron chi connectivity index (χ4n) is 4.74. The van der Waals surface area contributed by atoms with Gasteiger partial charge in [0.05, 0.1) is 11.8 Å². The van der Waals surface area contributed by atoms with E-state index >= 15 is 0 Å². The Hall–Kier alpha value is -3.73. The fourth-order valence-corrected chi connectivity index (χ4v) is 5.58. The summed E-state index contributed by atoms with van der Waals surface area (Å²) in [6.45, 7) is 18.3. The summed E-state index contributed by atoms with van der Waals surface area (Å²) in [7, 11) is 1.67. The lowest BCUT2D eigenvalue weighted by atomic mass is 9.96. The van der Waals surface area contributed by atoms with Crippen LogP contribution in [0.15, 0.2) is 48.4 Å². The maximum atomic E-state index is 13.5. The molecule has 2 amide bonds. The van der Waals surface area contributed by atoms with Crippen LogP contribution in [0, 0.1) is 17.8 Å². The second kappa shape index (κ2) is 17.8. The van der Waals surface area contributed by atoms with Crippen LogP contribution in [0.2, 0.25) is 0 Å². The summed E-state index contributed by atoms with van der Waals surface area (Å²) >= 11 is 1.22. The van der Waals surface area contributed by atoms with Gasteiger partial charge in [0.25, 0.3) is 5.91 Å². The Morgan fingerprint density at radius 2 is 1.67 bits per heavy atom. The molecule has 0 aliphatic rings. The zero-order valence-corrected chi connectivity index (χ0v) is 29.5. The molecule has 4 atom stereocenters. The van der Waals surface area contributed by atoms with E-state index in [0.29, 0.717) is 17.8 Å². The molecular formula is C35H51N3O7S. The minimum atomic E-state index is -0.793. The Morgan fingerprint density at radius 3 is 2.24 bits per heavy atom. The van der Waals surface area contributed by atoms with Crippen molar-refractivity contribution in [1.82, 2.24) is 15.2 Å². The Morgan fingerprint density at radius 1 is 1.02 bits per heavy atom. The number of aromatic nitrogens is 1. The number of hydrogen-bond acceptors (Lipinski definition) is 9. The smallest absolute Gasteiger partial charge is 0.410 e. The van der Waals surface area contributed by atoms with Crippen molar-refractivity contribution in [2.45, 2.75) is 98.4 Å². The number of benzene rings is 1. The van der Waals surface area contributed by atoms with E-state index in [9.17, 15) is 19.2 Å². The number of nitrogens with one attached hydrogen (secondary N) is 1. The third kappa shape index (κ3) is 12.6.